The van der Waals surface area contributed by atoms with Crippen LogP contribution in [0.1, 0.15) is 11.1 Å². The Hall–Kier alpha value is -2.65. The molecular formula is C18H16ClFN2O5S. The van der Waals surface area contributed by atoms with E-state index in [1.807, 2.05) is 0 Å². The second-order valence-electron chi connectivity index (χ2n) is 5.91. The van der Waals surface area contributed by atoms with Crippen LogP contribution in [0.2, 0.25) is 5.02 Å². The molecule has 7 nitrogen and oxygen atoms in total. The average Bonchev–Trinajstić information content (AvgIpc) is 3.13. The number of amides is 1. The molecule has 0 bridgehead atoms. The minimum Gasteiger partial charge on any atom is -0.470 e. The van der Waals surface area contributed by atoms with Crippen LogP contribution in [0.3, 0.4) is 0 Å². The van der Waals surface area contributed by atoms with Crippen LogP contribution in [-0.2, 0) is 26.5 Å². The largest absolute Gasteiger partial charge is 0.470 e. The molecule has 1 heterocycles. The van der Waals surface area contributed by atoms with Gasteiger partial charge in [0, 0.05) is 10.6 Å². The summed E-state index contributed by atoms with van der Waals surface area (Å²) in [4.78, 5) is 16.3. The number of halogens is 2. The Morgan fingerprint density at radius 1 is 1.25 bits per heavy atom. The van der Waals surface area contributed by atoms with E-state index in [-0.39, 0.29) is 23.4 Å². The summed E-state index contributed by atoms with van der Waals surface area (Å²) in [5, 5.41) is 0.477. The van der Waals surface area contributed by atoms with Crippen molar-refractivity contribution in [3.05, 3.63) is 70.7 Å². The molecule has 0 saturated carbocycles. The van der Waals surface area contributed by atoms with Gasteiger partial charge in [-0.25, -0.2) is 9.79 Å². The van der Waals surface area contributed by atoms with Crippen LogP contribution in [-0.4, -0.2) is 43.9 Å². The van der Waals surface area contributed by atoms with Crippen LogP contribution in [0.5, 0.6) is 0 Å². The number of hydrogen-bond acceptors (Lipinski definition) is 6. The highest BCUT2D eigenvalue weighted by atomic mass is 35.5. The lowest BCUT2D eigenvalue weighted by molar-refractivity contribution is 0.104. The molecule has 2 aromatic carbocycles. The van der Waals surface area contributed by atoms with Gasteiger partial charge in [0.1, 0.15) is 12.7 Å². The fraction of sp³-hybridized carbons (Fsp3) is 0.222. The number of carbonyl (C=O) groups is 1. The molecule has 2 aromatic rings. The monoisotopic (exact) mass is 426 g/mol. The van der Waals surface area contributed by atoms with Gasteiger partial charge >= 0.3 is 16.5 Å². The van der Waals surface area contributed by atoms with Crippen molar-refractivity contribution in [3.63, 3.8) is 0 Å². The Balaban J connectivity index is 1.63. The predicted octanol–water partition coefficient (Wildman–Crippen LogP) is 3.34. The van der Waals surface area contributed by atoms with E-state index in [2.05, 4.69) is 4.99 Å². The number of hydrogen-bond donors (Lipinski definition) is 0. The van der Waals surface area contributed by atoms with Gasteiger partial charge < -0.3 is 9.47 Å². The van der Waals surface area contributed by atoms with Crippen molar-refractivity contribution in [2.24, 2.45) is 4.99 Å². The molecule has 1 atom stereocenters. The van der Waals surface area contributed by atoms with Gasteiger partial charge in [0.25, 0.3) is 0 Å². The fourth-order valence-electron chi connectivity index (χ4n) is 2.52. The molecule has 0 spiro atoms. The summed E-state index contributed by atoms with van der Waals surface area (Å²) in [6, 6.07) is 15.3. The molecule has 28 heavy (non-hydrogen) atoms. The Bertz CT molecular complexity index is 984. The number of benzene rings is 2. The van der Waals surface area contributed by atoms with E-state index < -0.39 is 29.2 Å². The standard InChI is InChI=1S/C18H16ClFN2O5S/c19-15-8-4-7-14(9-15)17-21-10-16(27-17)11-22(28(20,24)25)18(23)26-12-13-5-2-1-3-6-13/h1-9,16H,10-12H2/t16-/m0/s1. The molecule has 0 unspecified atom stereocenters. The molecule has 0 radical (unpaired) electrons. The second kappa shape index (κ2) is 8.57. The lowest BCUT2D eigenvalue weighted by atomic mass is 10.2. The van der Waals surface area contributed by atoms with Crippen molar-refractivity contribution in [3.8, 4) is 0 Å². The van der Waals surface area contributed by atoms with E-state index >= 15 is 0 Å². The van der Waals surface area contributed by atoms with Crippen LogP contribution in [0, 0.1) is 0 Å². The van der Waals surface area contributed by atoms with Crippen molar-refractivity contribution in [1.29, 1.82) is 0 Å². The molecule has 0 saturated heterocycles. The summed E-state index contributed by atoms with van der Waals surface area (Å²) in [6.07, 6.45) is -2.17. The summed E-state index contributed by atoms with van der Waals surface area (Å²) in [5.41, 5.74) is 1.23. The SMILES string of the molecule is O=C(OCc1ccccc1)N(C[C@@H]1CN=C(c2cccc(Cl)c2)O1)S(=O)(=O)F. The molecule has 0 aromatic heterocycles. The van der Waals surface area contributed by atoms with Crippen LogP contribution < -0.4 is 0 Å². The van der Waals surface area contributed by atoms with Crippen LogP contribution in [0.15, 0.2) is 59.6 Å². The van der Waals surface area contributed by atoms with Gasteiger partial charge in [0.2, 0.25) is 5.90 Å². The highest BCUT2D eigenvalue weighted by Crippen LogP contribution is 2.19. The normalized spacial score (nSPS) is 16.2. The Kier molecular flexibility index (Phi) is 6.15. The maximum atomic E-state index is 13.6. The molecule has 0 aliphatic carbocycles. The van der Waals surface area contributed by atoms with Crippen LogP contribution >= 0.6 is 11.6 Å². The zero-order valence-corrected chi connectivity index (χ0v) is 16.1. The van der Waals surface area contributed by atoms with E-state index in [4.69, 9.17) is 21.1 Å². The first-order chi connectivity index (χ1) is 13.3. The van der Waals surface area contributed by atoms with Gasteiger partial charge in [-0.2, -0.15) is 12.7 Å². The van der Waals surface area contributed by atoms with E-state index in [0.717, 1.165) is 0 Å². The summed E-state index contributed by atoms with van der Waals surface area (Å²) < 4.78 is 46.9. The van der Waals surface area contributed by atoms with E-state index in [0.29, 0.717) is 16.1 Å². The quantitative estimate of drug-likeness (QED) is 0.661. The number of rotatable bonds is 6. The van der Waals surface area contributed by atoms with Gasteiger partial charge in [0.05, 0.1) is 13.1 Å². The van der Waals surface area contributed by atoms with Gasteiger partial charge in [-0.15, -0.1) is 0 Å². The second-order valence-corrected chi connectivity index (χ2v) is 7.61. The first-order valence-electron chi connectivity index (χ1n) is 8.23. The summed E-state index contributed by atoms with van der Waals surface area (Å²) in [7, 11) is -5.34. The zero-order chi connectivity index (χ0) is 20.1. The molecule has 0 N–H and O–H groups in total. The van der Waals surface area contributed by atoms with E-state index in [1.165, 1.54) is 0 Å². The fourth-order valence-corrected chi connectivity index (χ4v) is 3.29. The van der Waals surface area contributed by atoms with E-state index in [1.54, 1.807) is 54.6 Å². The van der Waals surface area contributed by atoms with Crippen molar-refractivity contribution < 1.29 is 26.6 Å². The lowest BCUT2D eigenvalue weighted by Crippen LogP contribution is -2.41. The molecule has 10 heteroatoms. The minimum absolute atomic E-state index is 0.00294. The zero-order valence-electron chi connectivity index (χ0n) is 14.5. The molecule has 3 rings (SSSR count). The average molecular weight is 427 g/mol. The highest BCUT2D eigenvalue weighted by Gasteiger charge is 2.34. The van der Waals surface area contributed by atoms with Crippen molar-refractivity contribution >= 4 is 34.0 Å². The van der Waals surface area contributed by atoms with Gasteiger partial charge in [-0.05, 0) is 23.8 Å². The first-order valence-corrected chi connectivity index (χ1v) is 9.95. The maximum Gasteiger partial charge on any atom is 0.426 e. The van der Waals surface area contributed by atoms with Gasteiger partial charge in [-0.3, -0.25) is 0 Å². The number of ether oxygens (including phenoxy) is 2. The third kappa shape index (κ3) is 5.20. The van der Waals surface area contributed by atoms with Crippen LogP contribution in [0.4, 0.5) is 8.68 Å². The maximum absolute atomic E-state index is 13.6. The molecule has 148 valence electrons. The van der Waals surface area contributed by atoms with E-state index in [9.17, 15) is 17.1 Å². The Morgan fingerprint density at radius 3 is 2.68 bits per heavy atom. The summed E-state index contributed by atoms with van der Waals surface area (Å²) >= 11 is 5.92. The molecule has 1 aliphatic rings. The number of nitrogens with zero attached hydrogens (tertiary/aromatic N) is 2. The lowest BCUT2D eigenvalue weighted by Gasteiger charge is -2.20. The summed E-state index contributed by atoms with van der Waals surface area (Å²) in [6.45, 7) is -0.707. The van der Waals surface area contributed by atoms with Crippen LogP contribution in [0.25, 0.3) is 0 Å². The van der Waals surface area contributed by atoms with Crippen molar-refractivity contribution in [2.45, 2.75) is 12.7 Å². The minimum atomic E-state index is -5.34. The molecule has 1 aliphatic heterocycles. The predicted molar refractivity (Wildman–Crippen MR) is 101 cm³/mol. The number of carbonyl (C=O) groups excluding carboxylic acids is 1. The topological polar surface area (TPSA) is 85.3 Å². The van der Waals surface area contributed by atoms with Gasteiger partial charge in [0.15, 0.2) is 0 Å². The van der Waals surface area contributed by atoms with Gasteiger partial charge in [-0.1, -0.05) is 51.9 Å². The summed E-state index contributed by atoms with van der Waals surface area (Å²) in [5.74, 6) is 0.237. The molecular weight excluding hydrogens is 411 g/mol. The molecule has 1 amide bonds. The third-order valence-corrected chi connectivity index (χ3v) is 4.89. The smallest absolute Gasteiger partial charge is 0.426 e. The van der Waals surface area contributed by atoms with Crippen molar-refractivity contribution in [1.82, 2.24) is 4.31 Å². The molecule has 0 fully saturated rings. The highest BCUT2D eigenvalue weighted by molar-refractivity contribution is 7.84. The number of aliphatic imine (C=N–C) groups is 1. The van der Waals surface area contributed by atoms with Crippen molar-refractivity contribution in [2.75, 3.05) is 13.1 Å². The third-order valence-electron chi connectivity index (χ3n) is 3.83. The Labute approximate surface area is 166 Å². The first kappa shape index (κ1) is 20.1. The Morgan fingerprint density at radius 2 is 2.00 bits per heavy atom.